The fourth-order valence-electron chi connectivity index (χ4n) is 3.31. The summed E-state index contributed by atoms with van der Waals surface area (Å²) in [6.07, 6.45) is 0.551. The number of aromatic hydroxyl groups is 1. The molecule has 144 valence electrons. The number of nitrogens with zero attached hydrogens (tertiary/aromatic N) is 2. The maximum atomic E-state index is 12.7. The molecule has 8 heteroatoms. The lowest BCUT2D eigenvalue weighted by atomic mass is 9.95. The van der Waals surface area contributed by atoms with Crippen LogP contribution in [0.2, 0.25) is 0 Å². The van der Waals surface area contributed by atoms with Crippen molar-refractivity contribution in [1.29, 1.82) is 0 Å². The molecule has 0 aromatic heterocycles. The van der Waals surface area contributed by atoms with Gasteiger partial charge in [-0.1, -0.05) is 43.3 Å². The van der Waals surface area contributed by atoms with Gasteiger partial charge in [-0.2, -0.15) is 0 Å². The van der Waals surface area contributed by atoms with Gasteiger partial charge in [-0.15, -0.1) is 0 Å². The number of phenolic OH excluding ortho intramolecular Hbond substituents is 1. The average Bonchev–Trinajstić information content (AvgIpc) is 2.93. The minimum atomic E-state index is -0.987. The third kappa shape index (κ3) is 3.20. The van der Waals surface area contributed by atoms with Crippen LogP contribution >= 0.6 is 0 Å². The summed E-state index contributed by atoms with van der Waals surface area (Å²) in [5.74, 6) is -2.50. The van der Waals surface area contributed by atoms with Crippen LogP contribution in [0.5, 0.6) is 5.75 Å². The highest BCUT2D eigenvalue weighted by molar-refractivity contribution is 6.46. The van der Waals surface area contributed by atoms with Crippen molar-refractivity contribution in [3.63, 3.8) is 0 Å². The second kappa shape index (κ2) is 7.51. The van der Waals surface area contributed by atoms with Crippen molar-refractivity contribution >= 4 is 23.1 Å². The van der Waals surface area contributed by atoms with Gasteiger partial charge in [-0.05, 0) is 18.1 Å². The number of nitro benzene ring substituents is 1. The molecule has 2 aromatic carbocycles. The Balaban J connectivity index is 2.23. The van der Waals surface area contributed by atoms with Crippen molar-refractivity contribution in [1.82, 2.24) is 4.90 Å². The molecule has 1 saturated heterocycles. The fourth-order valence-corrected chi connectivity index (χ4v) is 3.31. The number of aliphatic hydroxyl groups excluding tert-OH is 1. The summed E-state index contributed by atoms with van der Waals surface area (Å²) in [5, 5.41) is 31.7. The summed E-state index contributed by atoms with van der Waals surface area (Å²) in [6, 6.07) is 11.0. The van der Waals surface area contributed by atoms with E-state index in [9.17, 15) is 29.9 Å². The van der Waals surface area contributed by atoms with Crippen LogP contribution in [0.3, 0.4) is 0 Å². The maximum Gasteiger partial charge on any atom is 0.311 e. The van der Waals surface area contributed by atoms with Crippen LogP contribution in [0.1, 0.15) is 30.5 Å². The van der Waals surface area contributed by atoms with Crippen molar-refractivity contribution in [2.75, 3.05) is 6.54 Å². The molecule has 28 heavy (non-hydrogen) atoms. The van der Waals surface area contributed by atoms with E-state index in [2.05, 4.69) is 0 Å². The number of hydrogen-bond donors (Lipinski definition) is 2. The third-order valence-corrected chi connectivity index (χ3v) is 4.56. The standard InChI is InChI=1S/C20H18N2O6/c1-2-10-21-17(13-8-9-15(23)14(11-13)22(27)28)16(19(25)20(21)26)18(24)12-6-4-3-5-7-12/h3-9,11,17,23-24H,2,10H2,1H3/b18-16-. The zero-order valence-electron chi connectivity index (χ0n) is 15.0. The Hall–Kier alpha value is -3.68. The lowest BCUT2D eigenvalue weighted by Crippen LogP contribution is -2.30. The Morgan fingerprint density at radius 2 is 1.86 bits per heavy atom. The molecule has 1 atom stereocenters. The number of rotatable bonds is 5. The summed E-state index contributed by atoms with van der Waals surface area (Å²) < 4.78 is 0. The van der Waals surface area contributed by atoms with E-state index in [1.54, 1.807) is 30.3 Å². The van der Waals surface area contributed by atoms with Gasteiger partial charge in [0.05, 0.1) is 16.5 Å². The molecule has 2 N–H and O–H groups in total. The van der Waals surface area contributed by atoms with Crippen LogP contribution in [0.25, 0.3) is 5.76 Å². The van der Waals surface area contributed by atoms with Crippen molar-refractivity contribution in [3.8, 4) is 5.75 Å². The number of likely N-dealkylation sites (tertiary alicyclic amines) is 1. The molecule has 1 aliphatic heterocycles. The molecular formula is C20H18N2O6. The SMILES string of the molecule is CCCN1C(=O)C(=O)/C(=C(\O)c2ccccc2)C1c1ccc(O)c([N+](=O)[O-])c1. The second-order valence-electron chi connectivity index (χ2n) is 6.36. The van der Waals surface area contributed by atoms with Crippen LogP contribution < -0.4 is 0 Å². The minimum absolute atomic E-state index is 0.135. The molecule has 1 aliphatic rings. The summed E-state index contributed by atoms with van der Waals surface area (Å²) in [5.41, 5.74) is -0.0613. The molecule has 0 saturated carbocycles. The number of benzene rings is 2. The molecule has 1 amide bonds. The lowest BCUT2D eigenvalue weighted by Gasteiger charge is -2.24. The Morgan fingerprint density at radius 3 is 2.46 bits per heavy atom. The van der Waals surface area contributed by atoms with Crippen molar-refractivity contribution < 1.29 is 24.7 Å². The first-order chi connectivity index (χ1) is 13.4. The molecule has 1 heterocycles. The van der Waals surface area contributed by atoms with Crippen LogP contribution in [-0.4, -0.2) is 38.3 Å². The van der Waals surface area contributed by atoms with Crippen molar-refractivity contribution in [2.24, 2.45) is 0 Å². The van der Waals surface area contributed by atoms with Gasteiger partial charge in [0.1, 0.15) is 5.76 Å². The zero-order valence-corrected chi connectivity index (χ0v) is 15.0. The average molecular weight is 382 g/mol. The summed E-state index contributed by atoms with van der Waals surface area (Å²) in [4.78, 5) is 37.0. The molecule has 1 unspecified atom stereocenters. The number of carbonyl (C=O) groups excluding carboxylic acids is 2. The Morgan fingerprint density at radius 1 is 1.18 bits per heavy atom. The summed E-state index contributed by atoms with van der Waals surface area (Å²) >= 11 is 0. The van der Waals surface area contributed by atoms with E-state index >= 15 is 0 Å². The first-order valence-electron chi connectivity index (χ1n) is 8.68. The van der Waals surface area contributed by atoms with E-state index in [1.807, 2.05) is 6.92 Å². The van der Waals surface area contributed by atoms with Gasteiger partial charge < -0.3 is 15.1 Å². The van der Waals surface area contributed by atoms with Gasteiger partial charge in [0.2, 0.25) is 0 Å². The Kier molecular flexibility index (Phi) is 5.12. The minimum Gasteiger partial charge on any atom is -0.507 e. The predicted molar refractivity (Wildman–Crippen MR) is 101 cm³/mol. The van der Waals surface area contributed by atoms with Gasteiger partial charge in [-0.25, -0.2) is 0 Å². The molecule has 0 spiro atoms. The van der Waals surface area contributed by atoms with E-state index in [1.165, 1.54) is 11.0 Å². The van der Waals surface area contributed by atoms with E-state index < -0.39 is 34.1 Å². The van der Waals surface area contributed by atoms with E-state index in [0.29, 0.717) is 12.0 Å². The van der Waals surface area contributed by atoms with Gasteiger partial charge in [0.25, 0.3) is 11.7 Å². The number of ketones is 1. The molecule has 0 radical (unpaired) electrons. The molecular weight excluding hydrogens is 364 g/mol. The number of hydrogen-bond acceptors (Lipinski definition) is 6. The molecule has 8 nitrogen and oxygen atoms in total. The molecule has 0 aliphatic carbocycles. The highest BCUT2D eigenvalue weighted by atomic mass is 16.6. The fraction of sp³-hybridized carbons (Fsp3) is 0.200. The van der Waals surface area contributed by atoms with Crippen molar-refractivity contribution in [3.05, 3.63) is 75.3 Å². The highest BCUT2D eigenvalue weighted by Crippen LogP contribution is 2.41. The molecule has 3 rings (SSSR count). The monoisotopic (exact) mass is 382 g/mol. The van der Waals surface area contributed by atoms with Gasteiger partial charge in [0, 0.05) is 18.2 Å². The first kappa shape index (κ1) is 19.1. The maximum absolute atomic E-state index is 12.7. The summed E-state index contributed by atoms with van der Waals surface area (Å²) in [7, 11) is 0. The summed E-state index contributed by atoms with van der Waals surface area (Å²) in [6.45, 7) is 2.06. The largest absolute Gasteiger partial charge is 0.507 e. The molecule has 0 bridgehead atoms. The molecule has 2 aromatic rings. The Labute approximate surface area is 160 Å². The zero-order chi connectivity index (χ0) is 20.4. The van der Waals surface area contributed by atoms with Crippen LogP contribution in [0.4, 0.5) is 5.69 Å². The van der Waals surface area contributed by atoms with E-state index in [0.717, 1.165) is 12.1 Å². The van der Waals surface area contributed by atoms with Gasteiger partial charge in [0.15, 0.2) is 5.75 Å². The van der Waals surface area contributed by atoms with E-state index in [4.69, 9.17) is 0 Å². The number of phenols is 1. The quantitative estimate of drug-likeness (QED) is 0.269. The van der Waals surface area contributed by atoms with E-state index in [-0.39, 0.29) is 23.4 Å². The second-order valence-corrected chi connectivity index (χ2v) is 6.36. The normalized spacial score (nSPS) is 18.5. The number of Topliss-reactive ketones (excluding diaryl/α,β-unsaturated/α-hetero) is 1. The highest BCUT2D eigenvalue weighted by Gasteiger charge is 2.46. The third-order valence-electron chi connectivity index (χ3n) is 4.56. The van der Waals surface area contributed by atoms with Gasteiger partial charge >= 0.3 is 5.69 Å². The molecule has 1 fully saturated rings. The predicted octanol–water partition coefficient (Wildman–Crippen LogP) is 3.13. The van der Waals surface area contributed by atoms with Crippen LogP contribution in [0.15, 0.2) is 54.1 Å². The van der Waals surface area contributed by atoms with Crippen LogP contribution in [0, 0.1) is 10.1 Å². The smallest absolute Gasteiger partial charge is 0.311 e. The van der Waals surface area contributed by atoms with Crippen molar-refractivity contribution in [2.45, 2.75) is 19.4 Å². The number of aliphatic hydroxyl groups is 1. The van der Waals surface area contributed by atoms with Gasteiger partial charge in [-0.3, -0.25) is 19.7 Å². The van der Waals surface area contributed by atoms with Crippen LogP contribution in [-0.2, 0) is 9.59 Å². The topological polar surface area (TPSA) is 121 Å². The first-order valence-corrected chi connectivity index (χ1v) is 8.68. The number of carbonyl (C=O) groups is 2. The Bertz CT molecular complexity index is 983. The number of amides is 1. The number of nitro groups is 1. The lowest BCUT2D eigenvalue weighted by molar-refractivity contribution is -0.385.